The maximum absolute atomic E-state index is 12.2. The summed E-state index contributed by atoms with van der Waals surface area (Å²) in [6.45, 7) is 0.838. The van der Waals surface area contributed by atoms with E-state index in [2.05, 4.69) is 5.32 Å². The third-order valence-electron chi connectivity index (χ3n) is 3.39. The quantitative estimate of drug-likeness (QED) is 0.637. The van der Waals surface area contributed by atoms with E-state index < -0.39 is 13.5 Å². The van der Waals surface area contributed by atoms with Gasteiger partial charge in [-0.15, -0.1) is 0 Å². The van der Waals surface area contributed by atoms with Gasteiger partial charge in [-0.25, -0.2) is 0 Å². The molecule has 3 N–H and O–H groups in total. The summed E-state index contributed by atoms with van der Waals surface area (Å²) in [7, 11) is -3.40. The van der Waals surface area contributed by atoms with Crippen LogP contribution >= 0.6 is 19.0 Å². The van der Waals surface area contributed by atoms with Crippen molar-refractivity contribution in [3.8, 4) is 0 Å². The van der Waals surface area contributed by atoms with Gasteiger partial charge in [0.05, 0.1) is 12.3 Å². The summed E-state index contributed by atoms with van der Waals surface area (Å²) in [6, 6.07) is 16.6. The smallest absolute Gasteiger partial charge is 0.207 e. The Balaban J connectivity index is 1.76. The molecule has 0 fully saturated rings. The normalized spacial score (nSPS) is 15.1. The fourth-order valence-corrected chi connectivity index (χ4v) is 4.14. The number of aliphatic hydroxyl groups is 1. The van der Waals surface area contributed by atoms with E-state index in [4.69, 9.17) is 11.6 Å². The van der Waals surface area contributed by atoms with Gasteiger partial charge in [0.1, 0.15) is 0 Å². The van der Waals surface area contributed by atoms with Crippen molar-refractivity contribution in [3.05, 3.63) is 70.7 Å². The lowest BCUT2D eigenvalue weighted by atomic mass is 10.2. The molecule has 0 aliphatic heterocycles. The number of benzene rings is 2. The molecule has 2 aromatic carbocycles. The zero-order valence-electron chi connectivity index (χ0n) is 12.7. The summed E-state index contributed by atoms with van der Waals surface area (Å²) in [5.74, 6) is 0. The second-order valence-electron chi connectivity index (χ2n) is 5.58. The molecular weight excluding hydrogens is 333 g/mol. The van der Waals surface area contributed by atoms with Crippen LogP contribution in [0.1, 0.15) is 11.1 Å². The van der Waals surface area contributed by atoms with E-state index in [1.54, 1.807) is 12.1 Å². The molecule has 0 spiro atoms. The molecule has 0 bridgehead atoms. The van der Waals surface area contributed by atoms with Gasteiger partial charge in [0.15, 0.2) is 0 Å². The van der Waals surface area contributed by atoms with Gasteiger partial charge < -0.3 is 15.3 Å². The van der Waals surface area contributed by atoms with Gasteiger partial charge in [-0.1, -0.05) is 54.1 Å². The van der Waals surface area contributed by atoms with Gasteiger partial charge in [-0.3, -0.25) is 4.57 Å². The van der Waals surface area contributed by atoms with Crippen molar-refractivity contribution in [2.75, 3.05) is 12.7 Å². The van der Waals surface area contributed by atoms with Crippen molar-refractivity contribution in [2.45, 2.75) is 18.8 Å². The van der Waals surface area contributed by atoms with Crippen LogP contribution in [0.4, 0.5) is 0 Å². The van der Waals surface area contributed by atoms with Gasteiger partial charge in [0.25, 0.3) is 0 Å². The molecule has 124 valence electrons. The number of hydrogen-bond acceptors (Lipinski definition) is 3. The predicted octanol–water partition coefficient (Wildman–Crippen LogP) is 3.26. The molecule has 0 amide bonds. The fourth-order valence-electron chi connectivity index (χ4n) is 2.31. The molecule has 4 nitrogen and oxygen atoms in total. The zero-order chi connectivity index (χ0) is 16.7. The van der Waals surface area contributed by atoms with E-state index in [0.717, 1.165) is 11.1 Å². The highest BCUT2D eigenvalue weighted by atomic mass is 35.5. The molecule has 0 aromatic heterocycles. The third kappa shape index (κ3) is 6.86. The summed E-state index contributed by atoms with van der Waals surface area (Å²) in [5, 5.41) is 13.7. The Labute approximate surface area is 141 Å². The monoisotopic (exact) mass is 353 g/mol. The Morgan fingerprint density at radius 2 is 1.70 bits per heavy atom. The molecule has 0 radical (unpaired) electrons. The van der Waals surface area contributed by atoms with Crippen LogP contribution in [0.15, 0.2) is 54.6 Å². The first kappa shape index (κ1) is 18.2. The topological polar surface area (TPSA) is 69.6 Å². The molecular formula is C17H21ClNO3P. The lowest BCUT2D eigenvalue weighted by Gasteiger charge is -2.17. The van der Waals surface area contributed by atoms with Crippen molar-refractivity contribution in [2.24, 2.45) is 0 Å². The van der Waals surface area contributed by atoms with Crippen LogP contribution in [0.5, 0.6) is 0 Å². The number of nitrogens with one attached hydrogen (secondary N) is 1. The molecule has 0 saturated carbocycles. The second-order valence-corrected chi connectivity index (χ2v) is 8.39. The van der Waals surface area contributed by atoms with Crippen LogP contribution in [0.2, 0.25) is 5.02 Å². The molecule has 23 heavy (non-hydrogen) atoms. The highest BCUT2D eigenvalue weighted by Crippen LogP contribution is 2.44. The largest absolute Gasteiger partial charge is 0.391 e. The summed E-state index contributed by atoms with van der Waals surface area (Å²) in [6.07, 6.45) is -0.890. The summed E-state index contributed by atoms with van der Waals surface area (Å²) < 4.78 is 12.2. The van der Waals surface area contributed by atoms with Gasteiger partial charge >= 0.3 is 0 Å². The highest BCUT2D eigenvalue weighted by Gasteiger charge is 2.23. The fraction of sp³-hybridized carbons (Fsp3) is 0.294. The zero-order valence-corrected chi connectivity index (χ0v) is 14.4. The minimum absolute atomic E-state index is 0.0854. The van der Waals surface area contributed by atoms with Crippen molar-refractivity contribution in [1.82, 2.24) is 5.32 Å². The Bertz CT molecular complexity index is 649. The molecule has 0 saturated heterocycles. The summed E-state index contributed by atoms with van der Waals surface area (Å²) in [4.78, 5) is 10.0. The van der Waals surface area contributed by atoms with E-state index in [0.29, 0.717) is 11.6 Å². The Kier molecular flexibility index (Phi) is 6.82. The first-order chi connectivity index (χ1) is 10.9. The first-order valence-electron chi connectivity index (χ1n) is 7.42. The lowest BCUT2D eigenvalue weighted by Crippen LogP contribution is -2.29. The predicted molar refractivity (Wildman–Crippen MR) is 94.0 cm³/mol. The molecule has 2 rings (SSSR count). The Morgan fingerprint density at radius 3 is 2.35 bits per heavy atom. The molecule has 0 aliphatic carbocycles. The number of aliphatic hydroxyl groups excluding tert-OH is 1. The average Bonchev–Trinajstić information content (AvgIpc) is 2.49. The van der Waals surface area contributed by atoms with Crippen LogP contribution in [0.25, 0.3) is 0 Å². The van der Waals surface area contributed by atoms with Gasteiger partial charge in [-0.2, -0.15) is 0 Å². The summed E-state index contributed by atoms with van der Waals surface area (Å²) >= 11 is 5.82. The van der Waals surface area contributed by atoms with E-state index in [-0.39, 0.29) is 18.9 Å². The second kappa shape index (κ2) is 8.62. The average molecular weight is 354 g/mol. The molecule has 0 aliphatic rings. The summed E-state index contributed by atoms with van der Waals surface area (Å²) in [5.41, 5.74) is 1.85. The minimum Gasteiger partial charge on any atom is -0.391 e. The first-order valence-corrected chi connectivity index (χ1v) is 9.83. The van der Waals surface area contributed by atoms with Crippen molar-refractivity contribution >= 4 is 19.0 Å². The minimum atomic E-state index is -3.40. The molecule has 2 atom stereocenters. The highest BCUT2D eigenvalue weighted by molar-refractivity contribution is 7.57. The van der Waals surface area contributed by atoms with Gasteiger partial charge in [-0.05, 0) is 23.3 Å². The van der Waals surface area contributed by atoms with Crippen molar-refractivity contribution in [3.63, 3.8) is 0 Å². The standard InChI is InChI=1S/C17H21ClNO3P/c18-16-8-6-14(7-9-16)10-19-11-17(20)13-23(21,22)12-15-4-2-1-3-5-15/h1-9,17,19-20H,10-13H2,(H,21,22)/t17-/m1/s1. The van der Waals surface area contributed by atoms with Crippen LogP contribution in [0, 0.1) is 0 Å². The molecule has 1 unspecified atom stereocenters. The lowest BCUT2D eigenvalue weighted by molar-refractivity contribution is 0.190. The Hall–Kier alpha value is -1.16. The van der Waals surface area contributed by atoms with Gasteiger partial charge in [0.2, 0.25) is 7.37 Å². The third-order valence-corrected chi connectivity index (χ3v) is 5.49. The maximum Gasteiger partial charge on any atom is 0.207 e. The van der Waals surface area contributed by atoms with E-state index in [9.17, 15) is 14.6 Å². The van der Waals surface area contributed by atoms with Crippen LogP contribution in [-0.2, 0) is 17.3 Å². The van der Waals surface area contributed by atoms with E-state index in [1.165, 1.54) is 0 Å². The van der Waals surface area contributed by atoms with Gasteiger partial charge in [0, 0.05) is 24.3 Å². The van der Waals surface area contributed by atoms with E-state index >= 15 is 0 Å². The molecule has 2 aromatic rings. The van der Waals surface area contributed by atoms with Crippen LogP contribution < -0.4 is 5.32 Å². The number of halogens is 1. The Morgan fingerprint density at radius 1 is 1.04 bits per heavy atom. The van der Waals surface area contributed by atoms with Crippen molar-refractivity contribution in [1.29, 1.82) is 0 Å². The molecule has 6 heteroatoms. The number of rotatable bonds is 8. The van der Waals surface area contributed by atoms with E-state index in [1.807, 2.05) is 42.5 Å². The number of hydrogen-bond donors (Lipinski definition) is 3. The van der Waals surface area contributed by atoms with Crippen molar-refractivity contribution < 1.29 is 14.6 Å². The maximum atomic E-state index is 12.2. The SMILES string of the molecule is O=P(O)(Cc1ccccc1)C[C@H](O)CNCc1ccc(Cl)cc1. The molecule has 0 heterocycles. The van der Waals surface area contributed by atoms with Crippen LogP contribution in [0.3, 0.4) is 0 Å². The van der Waals surface area contributed by atoms with Crippen LogP contribution in [-0.4, -0.2) is 28.8 Å².